The van der Waals surface area contributed by atoms with Crippen LogP contribution in [0.3, 0.4) is 0 Å². The molecule has 2 N–H and O–H groups in total. The zero-order valence-electron chi connectivity index (χ0n) is 12.9. The van der Waals surface area contributed by atoms with E-state index in [-0.39, 0.29) is 11.9 Å². The Morgan fingerprint density at radius 3 is 2.55 bits per heavy atom. The standard InChI is InChI=1S/C16H29N3O/c1-11-5-6-17-15(7-11)16(20)18-10-12-8-13-3-4-14(9-12)19(13)2/h11-15,17H,3-10H2,1-2H3,(H,18,20). The molecule has 3 rings (SSSR count). The van der Waals surface area contributed by atoms with Gasteiger partial charge in [0.25, 0.3) is 0 Å². The van der Waals surface area contributed by atoms with E-state index in [4.69, 9.17) is 0 Å². The fourth-order valence-electron chi connectivity index (χ4n) is 4.37. The van der Waals surface area contributed by atoms with Gasteiger partial charge >= 0.3 is 0 Å². The van der Waals surface area contributed by atoms with E-state index in [1.165, 1.54) is 32.1 Å². The number of fused-ring (bicyclic) bond motifs is 2. The van der Waals surface area contributed by atoms with Gasteiger partial charge in [0, 0.05) is 18.6 Å². The maximum absolute atomic E-state index is 12.2. The minimum Gasteiger partial charge on any atom is -0.354 e. The third kappa shape index (κ3) is 3.01. The number of carbonyl (C=O) groups is 1. The summed E-state index contributed by atoms with van der Waals surface area (Å²) in [5.74, 6) is 1.59. The molecule has 20 heavy (non-hydrogen) atoms. The summed E-state index contributed by atoms with van der Waals surface area (Å²) in [5, 5.41) is 6.56. The van der Waals surface area contributed by atoms with Crippen LogP contribution in [0.15, 0.2) is 0 Å². The minimum atomic E-state index is 0.0433. The maximum atomic E-state index is 12.2. The normalized spacial score (nSPS) is 41.6. The van der Waals surface area contributed by atoms with Gasteiger partial charge in [-0.2, -0.15) is 0 Å². The van der Waals surface area contributed by atoms with Crippen molar-refractivity contribution in [2.45, 2.75) is 63.6 Å². The molecule has 2 bridgehead atoms. The number of nitrogens with one attached hydrogen (secondary N) is 2. The van der Waals surface area contributed by atoms with Gasteiger partial charge in [-0.25, -0.2) is 0 Å². The predicted molar refractivity (Wildman–Crippen MR) is 80.5 cm³/mol. The zero-order chi connectivity index (χ0) is 14.1. The van der Waals surface area contributed by atoms with Gasteiger partial charge in [-0.05, 0) is 64.0 Å². The van der Waals surface area contributed by atoms with Crippen LogP contribution in [0.25, 0.3) is 0 Å². The number of nitrogens with zero attached hydrogens (tertiary/aromatic N) is 1. The van der Waals surface area contributed by atoms with Crippen molar-refractivity contribution in [1.29, 1.82) is 0 Å². The Hall–Kier alpha value is -0.610. The average Bonchev–Trinajstić information content (AvgIpc) is 2.66. The van der Waals surface area contributed by atoms with Crippen molar-refractivity contribution in [2.24, 2.45) is 11.8 Å². The summed E-state index contributed by atoms with van der Waals surface area (Å²) in [6.45, 7) is 4.11. The molecule has 3 aliphatic heterocycles. The number of amides is 1. The Bertz CT molecular complexity index is 346. The smallest absolute Gasteiger partial charge is 0.237 e. The molecule has 0 saturated carbocycles. The first kappa shape index (κ1) is 14.3. The fourth-order valence-corrected chi connectivity index (χ4v) is 4.37. The predicted octanol–water partition coefficient (Wildman–Crippen LogP) is 1.36. The van der Waals surface area contributed by atoms with Gasteiger partial charge in [0.15, 0.2) is 0 Å². The zero-order valence-corrected chi connectivity index (χ0v) is 12.9. The topological polar surface area (TPSA) is 44.4 Å². The van der Waals surface area contributed by atoms with Crippen molar-refractivity contribution >= 4 is 5.91 Å². The molecule has 0 aromatic carbocycles. The SMILES string of the molecule is CC1CCNC(C(=O)NCC2CC3CCC(C2)N3C)C1. The molecule has 4 atom stereocenters. The first-order valence-corrected chi connectivity index (χ1v) is 8.36. The van der Waals surface area contributed by atoms with Crippen LogP contribution >= 0.6 is 0 Å². The lowest BCUT2D eigenvalue weighted by atomic mass is 9.90. The Morgan fingerprint density at radius 1 is 1.20 bits per heavy atom. The van der Waals surface area contributed by atoms with E-state index in [1.807, 2.05) is 0 Å². The maximum Gasteiger partial charge on any atom is 0.237 e. The second kappa shape index (κ2) is 6.02. The van der Waals surface area contributed by atoms with Crippen LogP contribution in [0.5, 0.6) is 0 Å². The van der Waals surface area contributed by atoms with Crippen LogP contribution < -0.4 is 10.6 Å². The molecular formula is C16H29N3O. The van der Waals surface area contributed by atoms with Gasteiger partial charge in [-0.1, -0.05) is 6.92 Å². The highest BCUT2D eigenvalue weighted by atomic mass is 16.2. The second-order valence-electron chi connectivity index (χ2n) is 7.27. The van der Waals surface area contributed by atoms with Crippen LogP contribution in [-0.2, 0) is 4.79 Å². The largest absolute Gasteiger partial charge is 0.354 e. The molecule has 0 aromatic heterocycles. The Morgan fingerprint density at radius 2 is 1.90 bits per heavy atom. The van der Waals surface area contributed by atoms with Crippen molar-refractivity contribution in [3.05, 3.63) is 0 Å². The van der Waals surface area contributed by atoms with Gasteiger partial charge in [0.1, 0.15) is 0 Å². The first-order chi connectivity index (χ1) is 9.63. The molecule has 3 fully saturated rings. The fraction of sp³-hybridized carbons (Fsp3) is 0.938. The lowest BCUT2D eigenvalue weighted by Crippen LogP contribution is -2.50. The highest BCUT2D eigenvalue weighted by Crippen LogP contribution is 2.37. The van der Waals surface area contributed by atoms with E-state index < -0.39 is 0 Å². The van der Waals surface area contributed by atoms with Gasteiger partial charge in [0.2, 0.25) is 5.91 Å². The van der Waals surface area contributed by atoms with Crippen LogP contribution in [0.2, 0.25) is 0 Å². The third-order valence-electron chi connectivity index (χ3n) is 5.74. The van der Waals surface area contributed by atoms with Gasteiger partial charge < -0.3 is 15.5 Å². The molecule has 3 heterocycles. The van der Waals surface area contributed by atoms with Crippen LogP contribution in [-0.4, -0.2) is 49.1 Å². The summed E-state index contributed by atoms with van der Waals surface area (Å²) < 4.78 is 0. The molecule has 4 nitrogen and oxygen atoms in total. The van der Waals surface area contributed by atoms with Crippen molar-refractivity contribution in [3.63, 3.8) is 0 Å². The molecule has 0 radical (unpaired) electrons. The minimum absolute atomic E-state index is 0.0433. The highest BCUT2D eigenvalue weighted by molar-refractivity contribution is 5.81. The number of piperidine rings is 2. The summed E-state index contributed by atoms with van der Waals surface area (Å²) >= 11 is 0. The number of rotatable bonds is 3. The van der Waals surface area contributed by atoms with Crippen molar-refractivity contribution < 1.29 is 4.79 Å². The quantitative estimate of drug-likeness (QED) is 0.820. The number of carbonyl (C=O) groups excluding carboxylic acids is 1. The van der Waals surface area contributed by atoms with Crippen molar-refractivity contribution in [3.8, 4) is 0 Å². The molecule has 0 spiro atoms. The summed E-state index contributed by atoms with van der Waals surface area (Å²) in [4.78, 5) is 14.8. The molecular weight excluding hydrogens is 250 g/mol. The van der Waals surface area contributed by atoms with Crippen LogP contribution in [0.4, 0.5) is 0 Å². The second-order valence-corrected chi connectivity index (χ2v) is 7.27. The Kier molecular flexibility index (Phi) is 4.32. The van der Waals surface area contributed by atoms with Crippen LogP contribution in [0, 0.1) is 11.8 Å². The lowest BCUT2D eigenvalue weighted by molar-refractivity contribution is -0.124. The summed E-state index contributed by atoms with van der Waals surface area (Å²) in [6.07, 6.45) is 7.43. The van der Waals surface area contributed by atoms with E-state index in [0.717, 1.165) is 31.6 Å². The lowest BCUT2D eigenvalue weighted by Gasteiger charge is -2.36. The Labute approximate surface area is 122 Å². The summed E-state index contributed by atoms with van der Waals surface area (Å²) in [7, 11) is 2.27. The van der Waals surface area contributed by atoms with E-state index in [2.05, 4.69) is 29.5 Å². The molecule has 114 valence electrons. The van der Waals surface area contributed by atoms with Gasteiger partial charge in [-0.3, -0.25) is 4.79 Å². The van der Waals surface area contributed by atoms with E-state index in [9.17, 15) is 4.79 Å². The summed E-state index contributed by atoms with van der Waals surface area (Å²) in [5.41, 5.74) is 0. The average molecular weight is 279 g/mol. The molecule has 4 heteroatoms. The van der Waals surface area contributed by atoms with E-state index in [1.54, 1.807) is 0 Å². The molecule has 3 saturated heterocycles. The third-order valence-corrected chi connectivity index (χ3v) is 5.74. The highest BCUT2D eigenvalue weighted by Gasteiger charge is 2.38. The van der Waals surface area contributed by atoms with E-state index in [0.29, 0.717) is 11.8 Å². The molecule has 3 aliphatic rings. The molecule has 0 aromatic rings. The molecule has 0 aliphatic carbocycles. The number of hydrogen-bond donors (Lipinski definition) is 2. The molecule has 1 amide bonds. The summed E-state index contributed by atoms with van der Waals surface area (Å²) in [6, 6.07) is 1.58. The Balaban J connectivity index is 1.44. The van der Waals surface area contributed by atoms with Gasteiger partial charge in [-0.15, -0.1) is 0 Å². The van der Waals surface area contributed by atoms with Crippen molar-refractivity contribution in [1.82, 2.24) is 15.5 Å². The van der Waals surface area contributed by atoms with Crippen LogP contribution in [0.1, 0.15) is 45.4 Å². The molecule has 4 unspecified atom stereocenters. The van der Waals surface area contributed by atoms with Gasteiger partial charge in [0.05, 0.1) is 6.04 Å². The van der Waals surface area contributed by atoms with E-state index >= 15 is 0 Å². The number of hydrogen-bond acceptors (Lipinski definition) is 3. The monoisotopic (exact) mass is 279 g/mol. The van der Waals surface area contributed by atoms with Crippen molar-refractivity contribution in [2.75, 3.05) is 20.1 Å². The first-order valence-electron chi connectivity index (χ1n) is 8.36.